The zero-order chi connectivity index (χ0) is 15.6. The smallest absolute Gasteiger partial charge is 0.192 e. The van der Waals surface area contributed by atoms with Crippen LogP contribution in [0.3, 0.4) is 0 Å². The normalized spacial score (nSPS) is 31.8. The van der Waals surface area contributed by atoms with Crippen LogP contribution in [-0.4, -0.2) is 59.3 Å². The summed E-state index contributed by atoms with van der Waals surface area (Å²) in [6, 6.07) is -0.421. The van der Waals surface area contributed by atoms with Gasteiger partial charge >= 0.3 is 0 Å². The Balaban J connectivity index is 2.61. The molecule has 0 saturated carbocycles. The van der Waals surface area contributed by atoms with Crippen LogP contribution < -0.4 is 0 Å². The molecule has 3 nitrogen and oxygen atoms in total. The van der Waals surface area contributed by atoms with E-state index < -0.39 is 26.6 Å². The maximum absolute atomic E-state index is 14.1. The summed E-state index contributed by atoms with van der Waals surface area (Å²) in [5.74, 6) is 0.484. The first-order valence-corrected chi connectivity index (χ1v) is 11.4. The highest BCUT2D eigenvalue weighted by Gasteiger charge is 2.45. The molecule has 20 heavy (non-hydrogen) atoms. The van der Waals surface area contributed by atoms with Crippen LogP contribution in [-0.2, 0) is 13.9 Å². The molecule has 1 rings (SSSR count). The summed E-state index contributed by atoms with van der Waals surface area (Å²) >= 11 is 1.55. The zero-order valence-corrected chi connectivity index (χ0v) is 15.6. The Morgan fingerprint density at radius 3 is 2.45 bits per heavy atom. The van der Waals surface area contributed by atoms with Crippen molar-refractivity contribution in [3.63, 3.8) is 0 Å². The van der Waals surface area contributed by atoms with Crippen molar-refractivity contribution in [1.29, 1.82) is 0 Å². The van der Waals surface area contributed by atoms with E-state index in [9.17, 15) is 4.39 Å². The Kier molecular flexibility index (Phi) is 6.60. The quantitative estimate of drug-likeness (QED) is 0.554. The van der Waals surface area contributed by atoms with Crippen molar-refractivity contribution in [3.8, 4) is 0 Å². The first-order valence-electron chi connectivity index (χ1n) is 7.14. The molecule has 1 saturated heterocycles. The fraction of sp³-hybridized carbons (Fsp3) is 1.00. The number of thioether (sulfide) groups is 1. The number of ether oxygens (including phenoxy) is 2. The maximum atomic E-state index is 14.1. The molecule has 1 fully saturated rings. The minimum Gasteiger partial charge on any atom is -0.414 e. The van der Waals surface area contributed by atoms with Crippen molar-refractivity contribution < 1.29 is 18.3 Å². The number of alkyl halides is 1. The second kappa shape index (κ2) is 7.14. The lowest BCUT2D eigenvalue weighted by molar-refractivity contribution is -0.0267. The molecule has 0 aromatic carbocycles. The largest absolute Gasteiger partial charge is 0.414 e. The van der Waals surface area contributed by atoms with Gasteiger partial charge in [-0.1, -0.05) is 20.8 Å². The molecule has 4 atom stereocenters. The van der Waals surface area contributed by atoms with Gasteiger partial charge < -0.3 is 13.9 Å². The van der Waals surface area contributed by atoms with Gasteiger partial charge in [0.2, 0.25) is 0 Å². The van der Waals surface area contributed by atoms with E-state index in [0.29, 0.717) is 12.5 Å². The molecule has 2 unspecified atom stereocenters. The molecule has 0 aliphatic carbocycles. The van der Waals surface area contributed by atoms with Crippen LogP contribution in [0.2, 0.25) is 18.1 Å². The van der Waals surface area contributed by atoms with Gasteiger partial charge in [0.1, 0.15) is 26.2 Å². The minimum atomic E-state index is -1.84. The van der Waals surface area contributed by atoms with Crippen LogP contribution in [0.25, 0.3) is 0 Å². The summed E-state index contributed by atoms with van der Waals surface area (Å²) in [5, 5.41) is 0.141. The summed E-state index contributed by atoms with van der Waals surface area (Å²) < 4.78 is 31.5. The van der Waals surface area contributed by atoms with Crippen LogP contribution >= 0.6 is 11.8 Å². The molecular weight excluding hydrogens is 294 g/mol. The third-order valence-corrected chi connectivity index (χ3v) is 9.18. The predicted octanol–water partition coefficient (Wildman–Crippen LogP) is 2.41. The molecule has 0 amide bonds. The molecule has 0 N–H and O–H groups in total. The van der Waals surface area contributed by atoms with Gasteiger partial charge in [-0.3, -0.25) is 0 Å². The number of halogens is 1. The molecule has 1 aliphatic heterocycles. The Labute approximate surface area is 128 Å². The molecule has 0 spiro atoms. The lowest BCUT2D eigenvalue weighted by Crippen LogP contribution is -2.44. The van der Waals surface area contributed by atoms with Crippen LogP contribution in [0.15, 0.2) is 0 Å². The van der Waals surface area contributed by atoms with Gasteiger partial charge in [-0.15, -0.1) is 11.8 Å². The van der Waals surface area contributed by atoms with Gasteiger partial charge in [0.25, 0.3) is 0 Å². The third kappa shape index (κ3) is 4.47. The third-order valence-electron chi connectivity index (χ3n) is 4.31. The maximum Gasteiger partial charge on any atom is 0.192 e. The van der Waals surface area contributed by atoms with Gasteiger partial charge in [-0.05, 0) is 24.4 Å². The monoisotopic (exact) mass is 322 g/mol. The van der Waals surface area contributed by atoms with Gasteiger partial charge in [0, 0.05) is 0 Å². The molecule has 1 aliphatic rings. The second-order valence-electron chi connectivity index (χ2n) is 6.93. The molecule has 0 radical (unpaired) electrons. The predicted molar refractivity (Wildman–Crippen MR) is 88.5 cm³/mol. The van der Waals surface area contributed by atoms with Crippen molar-refractivity contribution in [2.24, 2.45) is 0 Å². The van der Waals surface area contributed by atoms with Crippen LogP contribution in [0.1, 0.15) is 20.8 Å². The molecule has 7 heteroatoms. The van der Waals surface area contributed by atoms with Gasteiger partial charge in [0.15, 0.2) is 8.32 Å². The Morgan fingerprint density at radius 2 is 1.95 bits per heavy atom. The van der Waals surface area contributed by atoms with Gasteiger partial charge in [0.05, 0.1) is 18.5 Å². The van der Waals surface area contributed by atoms with Crippen molar-refractivity contribution in [3.05, 3.63) is 0 Å². The fourth-order valence-corrected chi connectivity index (χ4v) is 3.19. The summed E-state index contributed by atoms with van der Waals surface area (Å²) in [4.78, 5) is 0. The minimum absolute atomic E-state index is 0.141. The van der Waals surface area contributed by atoms with Crippen molar-refractivity contribution in [2.75, 3.05) is 18.8 Å². The summed E-state index contributed by atoms with van der Waals surface area (Å²) in [6.45, 7) is 11.4. The molecule has 118 valence electrons. The van der Waals surface area contributed by atoms with Crippen LogP contribution in [0.5, 0.6) is 0 Å². The van der Waals surface area contributed by atoms with E-state index in [1.165, 1.54) is 0 Å². The Hall–Kier alpha value is 0.442. The average molecular weight is 322 g/mol. The molecule has 1 heterocycles. The summed E-state index contributed by atoms with van der Waals surface area (Å²) in [7, 11) is -0.0841. The van der Waals surface area contributed by atoms with E-state index in [4.69, 9.17) is 13.9 Å². The van der Waals surface area contributed by atoms with Gasteiger partial charge in [-0.25, -0.2) is 4.39 Å². The average Bonchev–Trinajstić information content (AvgIpc) is 2.59. The number of hydrogen-bond donors (Lipinski definition) is 0. The first-order chi connectivity index (χ1) is 9.10. The number of rotatable bonds is 6. The molecular formula is C13H28BFO3SSi. The van der Waals surface area contributed by atoms with Crippen molar-refractivity contribution in [2.45, 2.75) is 63.3 Å². The van der Waals surface area contributed by atoms with Crippen LogP contribution in [0, 0.1) is 0 Å². The summed E-state index contributed by atoms with van der Waals surface area (Å²) in [6.07, 6.45) is 0.0480. The van der Waals surface area contributed by atoms with E-state index in [1.54, 1.807) is 19.6 Å². The zero-order valence-electron chi connectivity index (χ0n) is 13.7. The van der Waals surface area contributed by atoms with E-state index in [2.05, 4.69) is 33.9 Å². The lowest BCUT2D eigenvalue weighted by Gasteiger charge is -2.37. The SMILES string of the molecule is B[C@@H]1OC(CO[Si](C)(C)C(C)(C)C)C(OCSC)[C@@H]1F. The van der Waals surface area contributed by atoms with Crippen molar-refractivity contribution in [1.82, 2.24) is 0 Å². The Bertz CT molecular complexity index is 314. The number of hydrogen-bond acceptors (Lipinski definition) is 4. The molecule has 0 aromatic rings. The topological polar surface area (TPSA) is 27.7 Å². The highest BCUT2D eigenvalue weighted by molar-refractivity contribution is 7.98. The lowest BCUT2D eigenvalue weighted by atomic mass is 9.94. The van der Waals surface area contributed by atoms with Gasteiger partial charge in [-0.2, -0.15) is 0 Å². The van der Waals surface area contributed by atoms with E-state index in [-0.39, 0.29) is 11.1 Å². The summed E-state index contributed by atoms with van der Waals surface area (Å²) in [5.41, 5.74) is 0. The van der Waals surface area contributed by atoms with Crippen molar-refractivity contribution >= 4 is 27.9 Å². The first kappa shape index (κ1) is 18.5. The Morgan fingerprint density at radius 1 is 1.35 bits per heavy atom. The highest BCUT2D eigenvalue weighted by atomic mass is 32.2. The highest BCUT2D eigenvalue weighted by Crippen LogP contribution is 2.37. The molecule has 0 aromatic heterocycles. The fourth-order valence-electron chi connectivity index (χ4n) is 1.89. The van der Waals surface area contributed by atoms with E-state index in [1.807, 2.05) is 6.26 Å². The second-order valence-corrected chi connectivity index (χ2v) is 12.6. The van der Waals surface area contributed by atoms with E-state index in [0.717, 1.165) is 0 Å². The van der Waals surface area contributed by atoms with Crippen LogP contribution in [0.4, 0.5) is 4.39 Å². The standard InChI is InChI=1S/C13H28BFO3SSi/c1-13(2,3)20(5,6)17-7-9-11(16-8-19-4)10(15)12(14)18-9/h9-12H,7-8,14H2,1-6H3/t9?,10-,11?,12+/m0/s1. The molecule has 0 bridgehead atoms. The van der Waals surface area contributed by atoms with E-state index >= 15 is 0 Å².